The fraction of sp³-hybridized carbons (Fsp3) is 0.458. The maximum absolute atomic E-state index is 13.2. The summed E-state index contributed by atoms with van der Waals surface area (Å²) in [7, 11) is 0. The van der Waals surface area contributed by atoms with Crippen LogP contribution >= 0.6 is 11.8 Å². The molecule has 2 aliphatic rings. The summed E-state index contributed by atoms with van der Waals surface area (Å²) in [4.78, 5) is 17.4. The SMILES string of the molecule is CC1CCN(c2nnc(SCC(=O)N3c4ccccc4CC3C)n2Cc2ccco2)CC1. The average molecular weight is 452 g/mol. The zero-order valence-electron chi connectivity index (χ0n) is 18.6. The third kappa shape index (κ3) is 4.16. The van der Waals surface area contributed by atoms with Gasteiger partial charge in [-0.25, -0.2) is 0 Å². The minimum atomic E-state index is 0.105. The number of furan rings is 1. The molecule has 8 heteroatoms. The monoisotopic (exact) mass is 451 g/mol. The van der Waals surface area contributed by atoms with Crippen molar-refractivity contribution in [1.82, 2.24) is 14.8 Å². The van der Waals surface area contributed by atoms with Crippen LogP contribution in [0.5, 0.6) is 0 Å². The van der Waals surface area contributed by atoms with Crippen LogP contribution in [0.2, 0.25) is 0 Å². The molecule has 0 bridgehead atoms. The molecular formula is C24H29N5O2S. The van der Waals surface area contributed by atoms with E-state index < -0.39 is 0 Å². The molecule has 2 aliphatic heterocycles. The Morgan fingerprint density at radius 1 is 1.12 bits per heavy atom. The molecule has 4 heterocycles. The lowest BCUT2D eigenvalue weighted by atomic mass is 10.00. The van der Waals surface area contributed by atoms with Gasteiger partial charge in [-0.2, -0.15) is 0 Å². The van der Waals surface area contributed by atoms with Crippen molar-refractivity contribution in [3.05, 3.63) is 54.0 Å². The second-order valence-corrected chi connectivity index (χ2v) is 9.79. The minimum Gasteiger partial charge on any atom is -0.467 e. The number of fused-ring (bicyclic) bond motifs is 1. The van der Waals surface area contributed by atoms with E-state index in [0.29, 0.717) is 12.3 Å². The molecule has 7 nitrogen and oxygen atoms in total. The number of anilines is 2. The predicted octanol–water partition coefficient (Wildman–Crippen LogP) is 4.23. The van der Waals surface area contributed by atoms with E-state index in [9.17, 15) is 4.79 Å². The summed E-state index contributed by atoms with van der Waals surface area (Å²) in [5.41, 5.74) is 2.27. The molecule has 1 fully saturated rings. The smallest absolute Gasteiger partial charge is 0.237 e. The van der Waals surface area contributed by atoms with Gasteiger partial charge in [-0.3, -0.25) is 9.36 Å². The molecule has 2 aromatic heterocycles. The van der Waals surface area contributed by atoms with E-state index in [1.54, 1.807) is 6.26 Å². The highest BCUT2D eigenvalue weighted by Gasteiger charge is 2.31. The zero-order chi connectivity index (χ0) is 22.1. The molecule has 1 atom stereocenters. The Morgan fingerprint density at radius 3 is 2.72 bits per heavy atom. The first-order chi connectivity index (χ1) is 15.6. The number of carbonyl (C=O) groups excluding carboxylic acids is 1. The van der Waals surface area contributed by atoms with Crippen LogP contribution in [0.25, 0.3) is 0 Å². The molecular weight excluding hydrogens is 422 g/mol. The molecule has 0 spiro atoms. The summed E-state index contributed by atoms with van der Waals surface area (Å²) in [6.45, 7) is 6.92. The van der Waals surface area contributed by atoms with Gasteiger partial charge in [-0.05, 0) is 55.9 Å². The Hall–Kier alpha value is -2.74. The van der Waals surface area contributed by atoms with Gasteiger partial charge in [-0.1, -0.05) is 36.9 Å². The number of hydrogen-bond acceptors (Lipinski definition) is 6. The largest absolute Gasteiger partial charge is 0.467 e. The number of thioether (sulfide) groups is 1. The van der Waals surface area contributed by atoms with Gasteiger partial charge in [0.15, 0.2) is 5.16 Å². The van der Waals surface area contributed by atoms with Crippen LogP contribution in [-0.2, 0) is 17.8 Å². The maximum Gasteiger partial charge on any atom is 0.237 e. The molecule has 1 amide bonds. The molecule has 1 saturated heterocycles. The fourth-order valence-electron chi connectivity index (χ4n) is 4.67. The van der Waals surface area contributed by atoms with Crippen LogP contribution < -0.4 is 9.80 Å². The summed E-state index contributed by atoms with van der Waals surface area (Å²) < 4.78 is 7.69. The minimum absolute atomic E-state index is 0.105. The van der Waals surface area contributed by atoms with Crippen LogP contribution in [-0.4, -0.2) is 45.6 Å². The molecule has 0 saturated carbocycles. The molecule has 1 aromatic carbocycles. The van der Waals surface area contributed by atoms with Crippen LogP contribution in [0.1, 0.15) is 38.0 Å². The van der Waals surface area contributed by atoms with Crippen molar-refractivity contribution in [2.24, 2.45) is 5.92 Å². The van der Waals surface area contributed by atoms with E-state index in [0.717, 1.165) is 60.8 Å². The lowest BCUT2D eigenvalue weighted by Gasteiger charge is -2.31. The maximum atomic E-state index is 13.2. The first-order valence-corrected chi connectivity index (χ1v) is 12.3. The summed E-state index contributed by atoms with van der Waals surface area (Å²) in [5, 5.41) is 9.75. The summed E-state index contributed by atoms with van der Waals surface area (Å²) >= 11 is 1.46. The number of nitrogens with zero attached hydrogens (tertiary/aromatic N) is 5. The Kier molecular flexibility index (Phi) is 5.95. The number of benzene rings is 1. The summed E-state index contributed by atoms with van der Waals surface area (Å²) in [6.07, 6.45) is 4.89. The third-order valence-electron chi connectivity index (χ3n) is 6.46. The standard InChI is InChI=1S/C24H29N5O2S/c1-17-9-11-27(12-10-17)23-25-26-24(28(23)15-20-7-5-13-31-20)32-16-22(30)29-18(2)14-19-6-3-4-8-21(19)29/h3-8,13,17-18H,9-12,14-16H2,1-2H3. The van der Waals surface area contributed by atoms with E-state index >= 15 is 0 Å². The van der Waals surface area contributed by atoms with Crippen LogP contribution in [0.3, 0.4) is 0 Å². The van der Waals surface area contributed by atoms with Crippen LogP contribution in [0, 0.1) is 5.92 Å². The molecule has 1 unspecified atom stereocenters. The van der Waals surface area contributed by atoms with Crippen LogP contribution in [0.4, 0.5) is 11.6 Å². The van der Waals surface area contributed by atoms with Crippen molar-refractivity contribution in [3.63, 3.8) is 0 Å². The van der Waals surface area contributed by atoms with Crippen molar-refractivity contribution >= 4 is 29.3 Å². The van der Waals surface area contributed by atoms with E-state index in [1.165, 1.54) is 17.3 Å². The highest BCUT2D eigenvalue weighted by molar-refractivity contribution is 7.99. The van der Waals surface area contributed by atoms with E-state index in [1.807, 2.05) is 35.2 Å². The second kappa shape index (κ2) is 9.02. The van der Waals surface area contributed by atoms with Crippen molar-refractivity contribution in [2.75, 3.05) is 28.6 Å². The molecule has 0 radical (unpaired) electrons. The quantitative estimate of drug-likeness (QED) is 0.523. The molecule has 0 N–H and O–H groups in total. The number of aromatic nitrogens is 3. The van der Waals surface area contributed by atoms with Gasteiger partial charge in [0, 0.05) is 24.8 Å². The number of carbonyl (C=O) groups is 1. The average Bonchev–Trinajstić information content (AvgIpc) is 3.52. The molecule has 5 rings (SSSR count). The molecule has 168 valence electrons. The Labute approximate surface area is 192 Å². The van der Waals surface area contributed by atoms with Crippen molar-refractivity contribution in [3.8, 4) is 0 Å². The molecule has 0 aliphatic carbocycles. The zero-order valence-corrected chi connectivity index (χ0v) is 19.4. The van der Waals surface area contributed by atoms with Crippen LogP contribution in [0.15, 0.2) is 52.2 Å². The van der Waals surface area contributed by atoms with Gasteiger partial charge in [-0.15, -0.1) is 10.2 Å². The van der Waals surface area contributed by atoms with Gasteiger partial charge in [0.1, 0.15) is 5.76 Å². The topological polar surface area (TPSA) is 67.4 Å². The molecule has 3 aromatic rings. The van der Waals surface area contributed by atoms with Crippen molar-refractivity contribution < 1.29 is 9.21 Å². The van der Waals surface area contributed by atoms with Gasteiger partial charge in [0.05, 0.1) is 18.6 Å². The number of para-hydroxylation sites is 1. The Bertz CT molecular complexity index is 1070. The molecule has 32 heavy (non-hydrogen) atoms. The highest BCUT2D eigenvalue weighted by atomic mass is 32.2. The lowest BCUT2D eigenvalue weighted by molar-refractivity contribution is -0.116. The number of amides is 1. The number of hydrogen-bond donors (Lipinski definition) is 0. The van der Waals surface area contributed by atoms with Gasteiger partial charge < -0.3 is 14.2 Å². The number of piperidine rings is 1. The van der Waals surface area contributed by atoms with Crippen molar-refractivity contribution in [2.45, 2.75) is 50.9 Å². The highest BCUT2D eigenvalue weighted by Crippen LogP contribution is 2.33. The normalized spacial score (nSPS) is 18.9. The summed E-state index contributed by atoms with van der Waals surface area (Å²) in [6, 6.07) is 12.2. The van der Waals surface area contributed by atoms with E-state index in [4.69, 9.17) is 4.42 Å². The van der Waals surface area contributed by atoms with Gasteiger partial charge in [0.2, 0.25) is 11.9 Å². The van der Waals surface area contributed by atoms with Crippen molar-refractivity contribution in [1.29, 1.82) is 0 Å². The second-order valence-electron chi connectivity index (χ2n) is 8.85. The fourth-order valence-corrected chi connectivity index (χ4v) is 5.46. The van der Waals surface area contributed by atoms with E-state index in [-0.39, 0.29) is 11.9 Å². The first kappa shape index (κ1) is 21.1. The van der Waals surface area contributed by atoms with E-state index in [2.05, 4.69) is 39.6 Å². The Morgan fingerprint density at radius 2 is 1.94 bits per heavy atom. The predicted molar refractivity (Wildman–Crippen MR) is 126 cm³/mol. The third-order valence-corrected chi connectivity index (χ3v) is 7.41. The summed E-state index contributed by atoms with van der Waals surface area (Å²) in [5.74, 6) is 2.89. The number of rotatable bonds is 6. The first-order valence-electron chi connectivity index (χ1n) is 11.3. The Balaban J connectivity index is 1.34. The lowest BCUT2D eigenvalue weighted by Crippen LogP contribution is -2.37. The van der Waals surface area contributed by atoms with Gasteiger partial charge >= 0.3 is 0 Å². The van der Waals surface area contributed by atoms with Gasteiger partial charge in [0.25, 0.3) is 0 Å².